The van der Waals surface area contributed by atoms with Gasteiger partial charge in [-0.1, -0.05) is 0 Å². The van der Waals surface area contributed by atoms with Crippen LogP contribution in [0.1, 0.15) is 18.1 Å². The van der Waals surface area contributed by atoms with Crippen LogP contribution >= 0.6 is 0 Å². The Morgan fingerprint density at radius 3 is 2.74 bits per heavy atom. The van der Waals surface area contributed by atoms with E-state index in [9.17, 15) is 13.2 Å². The summed E-state index contributed by atoms with van der Waals surface area (Å²) in [6, 6.07) is 5.65. The monoisotopic (exact) mass is 269 g/mol. The van der Waals surface area contributed by atoms with Crippen molar-refractivity contribution in [1.82, 2.24) is 5.32 Å². The second-order valence-corrected chi connectivity index (χ2v) is 4.64. The molecule has 1 fully saturated rings. The highest BCUT2D eigenvalue weighted by Gasteiger charge is 2.33. The van der Waals surface area contributed by atoms with Gasteiger partial charge in [-0.15, -0.1) is 0 Å². The second-order valence-electron chi connectivity index (χ2n) is 4.64. The molecule has 3 nitrogen and oxygen atoms in total. The van der Waals surface area contributed by atoms with Gasteiger partial charge in [0.25, 0.3) is 0 Å². The summed E-state index contributed by atoms with van der Waals surface area (Å²) in [5.74, 6) is 0. The Bertz CT molecular complexity index is 505. The predicted octanol–water partition coefficient (Wildman–Crippen LogP) is 2.38. The molecule has 1 aliphatic rings. The summed E-state index contributed by atoms with van der Waals surface area (Å²) in [5.41, 5.74) is -0.531. The number of alkyl halides is 3. The molecule has 2 rings (SSSR count). The lowest BCUT2D eigenvalue weighted by Crippen LogP contribution is -2.49. The van der Waals surface area contributed by atoms with E-state index in [-0.39, 0.29) is 11.6 Å². The summed E-state index contributed by atoms with van der Waals surface area (Å²) >= 11 is 0. The van der Waals surface area contributed by atoms with E-state index in [1.165, 1.54) is 12.1 Å². The number of nitrogens with zero attached hydrogens (tertiary/aromatic N) is 2. The quantitative estimate of drug-likeness (QED) is 0.850. The number of piperazine rings is 1. The van der Waals surface area contributed by atoms with Gasteiger partial charge in [-0.25, -0.2) is 0 Å². The van der Waals surface area contributed by atoms with Gasteiger partial charge in [0.1, 0.15) is 0 Å². The number of rotatable bonds is 1. The minimum Gasteiger partial charge on any atom is -0.369 e. The lowest BCUT2D eigenvalue weighted by Gasteiger charge is -2.33. The van der Waals surface area contributed by atoms with Crippen LogP contribution in [0.2, 0.25) is 0 Å². The van der Waals surface area contributed by atoms with E-state index in [1.54, 1.807) is 6.07 Å². The maximum atomic E-state index is 12.7. The molecule has 0 unspecified atom stereocenters. The van der Waals surface area contributed by atoms with Crippen molar-refractivity contribution in [2.75, 3.05) is 24.5 Å². The molecule has 0 spiro atoms. The number of hydrogen-bond acceptors (Lipinski definition) is 3. The van der Waals surface area contributed by atoms with Crippen molar-refractivity contribution in [2.45, 2.75) is 19.1 Å². The van der Waals surface area contributed by atoms with E-state index < -0.39 is 11.7 Å². The van der Waals surface area contributed by atoms with Gasteiger partial charge in [0.05, 0.1) is 17.2 Å². The van der Waals surface area contributed by atoms with Crippen LogP contribution in [0.4, 0.5) is 18.9 Å². The van der Waals surface area contributed by atoms with E-state index in [2.05, 4.69) is 5.32 Å². The number of nitriles is 1. The Balaban J connectivity index is 2.32. The van der Waals surface area contributed by atoms with Gasteiger partial charge >= 0.3 is 6.18 Å². The standard InChI is InChI=1S/C13H14F3N3/c1-9-8-19(5-4-18-9)11-2-3-12(13(14,15)16)10(6-11)7-17/h2-3,6,9,18H,4-5,8H2,1H3/t9-/m1/s1. The highest BCUT2D eigenvalue weighted by Crippen LogP contribution is 2.33. The Morgan fingerprint density at radius 1 is 1.42 bits per heavy atom. The molecule has 6 heteroatoms. The number of anilines is 1. The first-order chi connectivity index (χ1) is 8.91. The largest absolute Gasteiger partial charge is 0.417 e. The zero-order chi connectivity index (χ0) is 14.0. The maximum absolute atomic E-state index is 12.7. The van der Waals surface area contributed by atoms with E-state index in [4.69, 9.17) is 5.26 Å². The number of nitrogens with one attached hydrogen (secondary N) is 1. The average molecular weight is 269 g/mol. The molecular weight excluding hydrogens is 255 g/mol. The van der Waals surface area contributed by atoms with Gasteiger partial charge in [0.2, 0.25) is 0 Å². The number of benzene rings is 1. The minimum absolute atomic E-state index is 0.279. The second kappa shape index (κ2) is 5.10. The molecule has 1 saturated heterocycles. The molecule has 1 heterocycles. The van der Waals surface area contributed by atoms with Crippen molar-refractivity contribution in [3.8, 4) is 6.07 Å². The summed E-state index contributed by atoms with van der Waals surface area (Å²) in [7, 11) is 0. The van der Waals surface area contributed by atoms with Crippen molar-refractivity contribution in [1.29, 1.82) is 5.26 Å². The summed E-state index contributed by atoms with van der Waals surface area (Å²) < 4.78 is 38.1. The molecular formula is C13H14F3N3. The molecule has 0 radical (unpaired) electrons. The summed E-state index contributed by atoms with van der Waals surface area (Å²) in [5, 5.41) is 12.1. The Labute approximate surface area is 109 Å². The molecule has 0 saturated carbocycles. The Morgan fingerprint density at radius 2 is 2.16 bits per heavy atom. The lowest BCUT2D eigenvalue weighted by atomic mass is 10.1. The van der Waals surface area contributed by atoms with Crippen molar-refractivity contribution in [2.24, 2.45) is 0 Å². The van der Waals surface area contributed by atoms with E-state index in [0.717, 1.165) is 25.7 Å². The zero-order valence-corrected chi connectivity index (χ0v) is 10.5. The third-order valence-electron chi connectivity index (χ3n) is 3.16. The summed E-state index contributed by atoms with van der Waals surface area (Å²) in [4.78, 5) is 1.99. The number of halogens is 3. The van der Waals surface area contributed by atoms with Gasteiger partial charge in [0, 0.05) is 31.4 Å². The first-order valence-corrected chi connectivity index (χ1v) is 6.01. The first-order valence-electron chi connectivity index (χ1n) is 6.01. The highest BCUT2D eigenvalue weighted by atomic mass is 19.4. The van der Waals surface area contributed by atoms with Gasteiger partial charge in [-0.3, -0.25) is 0 Å². The SMILES string of the molecule is C[C@@H]1CN(c2ccc(C(F)(F)F)c(C#N)c2)CCN1. The third kappa shape index (κ3) is 2.99. The minimum atomic E-state index is -4.49. The van der Waals surface area contributed by atoms with Crippen LogP contribution in [0.25, 0.3) is 0 Å². The fraction of sp³-hybridized carbons (Fsp3) is 0.462. The lowest BCUT2D eigenvalue weighted by molar-refractivity contribution is -0.137. The van der Waals surface area contributed by atoms with E-state index in [0.29, 0.717) is 5.69 Å². The molecule has 1 aromatic rings. The van der Waals surface area contributed by atoms with Gasteiger partial charge < -0.3 is 10.2 Å². The Kier molecular flexibility index (Phi) is 3.67. The summed E-state index contributed by atoms with van der Waals surface area (Å²) in [6.07, 6.45) is -4.49. The summed E-state index contributed by atoms with van der Waals surface area (Å²) in [6.45, 7) is 4.24. The topological polar surface area (TPSA) is 39.1 Å². The molecule has 1 aliphatic heterocycles. The Hall–Kier alpha value is -1.74. The number of hydrogen-bond donors (Lipinski definition) is 1. The van der Waals surface area contributed by atoms with Gasteiger partial charge in [-0.2, -0.15) is 18.4 Å². The van der Waals surface area contributed by atoms with Crippen LogP contribution < -0.4 is 10.2 Å². The van der Waals surface area contributed by atoms with Crippen LogP contribution in [0.15, 0.2) is 18.2 Å². The van der Waals surface area contributed by atoms with Crippen LogP contribution in [0, 0.1) is 11.3 Å². The predicted molar refractivity (Wildman–Crippen MR) is 65.8 cm³/mol. The van der Waals surface area contributed by atoms with Crippen molar-refractivity contribution in [3.05, 3.63) is 29.3 Å². The van der Waals surface area contributed by atoms with Gasteiger partial charge in [-0.05, 0) is 25.1 Å². The van der Waals surface area contributed by atoms with Crippen LogP contribution in [-0.2, 0) is 6.18 Å². The molecule has 1 atom stereocenters. The fourth-order valence-corrected chi connectivity index (χ4v) is 2.24. The molecule has 0 aliphatic carbocycles. The third-order valence-corrected chi connectivity index (χ3v) is 3.16. The molecule has 19 heavy (non-hydrogen) atoms. The normalized spacial score (nSPS) is 20.2. The first kappa shape index (κ1) is 13.7. The molecule has 1 aromatic carbocycles. The van der Waals surface area contributed by atoms with Gasteiger partial charge in [0.15, 0.2) is 0 Å². The molecule has 102 valence electrons. The zero-order valence-electron chi connectivity index (χ0n) is 10.5. The van der Waals surface area contributed by atoms with E-state index >= 15 is 0 Å². The van der Waals surface area contributed by atoms with Crippen molar-refractivity contribution in [3.63, 3.8) is 0 Å². The molecule has 1 N–H and O–H groups in total. The van der Waals surface area contributed by atoms with Crippen LogP contribution in [0.3, 0.4) is 0 Å². The van der Waals surface area contributed by atoms with Crippen LogP contribution in [-0.4, -0.2) is 25.7 Å². The van der Waals surface area contributed by atoms with Crippen LogP contribution in [0.5, 0.6) is 0 Å². The maximum Gasteiger partial charge on any atom is 0.417 e. The molecule has 0 bridgehead atoms. The van der Waals surface area contributed by atoms with Crippen molar-refractivity contribution < 1.29 is 13.2 Å². The highest BCUT2D eigenvalue weighted by molar-refractivity contribution is 5.55. The molecule has 0 aromatic heterocycles. The van der Waals surface area contributed by atoms with Crippen molar-refractivity contribution >= 4 is 5.69 Å². The van der Waals surface area contributed by atoms with E-state index in [1.807, 2.05) is 11.8 Å². The average Bonchev–Trinajstić information content (AvgIpc) is 2.37. The smallest absolute Gasteiger partial charge is 0.369 e. The molecule has 0 amide bonds. The fourth-order valence-electron chi connectivity index (χ4n) is 2.24.